The maximum atomic E-state index is 12.7. The molecule has 23 heavy (non-hydrogen) atoms. The number of anilines is 1. The lowest BCUT2D eigenvalue weighted by Crippen LogP contribution is -2.21. The number of benzene rings is 2. The molecule has 2 aromatic rings. The molecule has 0 fully saturated rings. The second kappa shape index (κ2) is 6.01. The van der Waals surface area contributed by atoms with Crippen LogP contribution in [0.4, 0.5) is 5.69 Å². The summed E-state index contributed by atoms with van der Waals surface area (Å²) in [6.07, 6.45) is 1.80. The van der Waals surface area contributed by atoms with Crippen LogP contribution in [-0.4, -0.2) is 11.6 Å². The van der Waals surface area contributed by atoms with E-state index in [1.165, 1.54) is 10.6 Å². The van der Waals surface area contributed by atoms with Crippen molar-refractivity contribution in [2.75, 3.05) is 5.01 Å². The van der Waals surface area contributed by atoms with Crippen molar-refractivity contribution >= 4 is 35.0 Å². The maximum absolute atomic E-state index is 12.7. The van der Waals surface area contributed by atoms with Crippen molar-refractivity contribution in [3.05, 3.63) is 69.8 Å². The first kappa shape index (κ1) is 15.5. The van der Waals surface area contributed by atoms with E-state index in [-0.39, 0.29) is 5.91 Å². The van der Waals surface area contributed by atoms with Crippen molar-refractivity contribution in [1.29, 1.82) is 0 Å². The molecule has 0 saturated carbocycles. The van der Waals surface area contributed by atoms with E-state index in [0.29, 0.717) is 16.3 Å². The zero-order valence-electron chi connectivity index (χ0n) is 13.3. The number of hydrogen-bond donors (Lipinski definition) is 0. The monoisotopic (exact) mass is 324 g/mol. The predicted molar refractivity (Wildman–Crippen MR) is 95.9 cm³/mol. The first-order chi connectivity index (χ1) is 11.0. The lowest BCUT2D eigenvalue weighted by molar-refractivity contribution is -0.114. The van der Waals surface area contributed by atoms with E-state index in [2.05, 4.69) is 5.10 Å². The molecular weight excluding hydrogens is 308 g/mol. The molecule has 0 spiro atoms. The van der Waals surface area contributed by atoms with Crippen LogP contribution in [0, 0.1) is 13.8 Å². The Morgan fingerprint density at radius 3 is 2.48 bits per heavy atom. The maximum Gasteiger partial charge on any atom is 0.280 e. The molecule has 116 valence electrons. The van der Waals surface area contributed by atoms with Crippen LogP contribution in [0.2, 0.25) is 5.02 Å². The summed E-state index contributed by atoms with van der Waals surface area (Å²) in [6, 6.07) is 13.3. The summed E-state index contributed by atoms with van der Waals surface area (Å²) in [5, 5.41) is 6.47. The van der Waals surface area contributed by atoms with Gasteiger partial charge in [0.05, 0.1) is 17.0 Å². The van der Waals surface area contributed by atoms with Gasteiger partial charge in [0.15, 0.2) is 0 Å². The van der Waals surface area contributed by atoms with Crippen molar-refractivity contribution in [2.24, 2.45) is 5.10 Å². The Labute approximate surface area is 140 Å². The number of carbonyl (C=O) groups is 1. The van der Waals surface area contributed by atoms with Gasteiger partial charge in [-0.1, -0.05) is 35.9 Å². The second-order valence-corrected chi connectivity index (χ2v) is 6.06. The van der Waals surface area contributed by atoms with Gasteiger partial charge in [-0.2, -0.15) is 10.1 Å². The van der Waals surface area contributed by atoms with Gasteiger partial charge in [-0.05, 0) is 61.7 Å². The molecular formula is C19H17ClN2O. The summed E-state index contributed by atoms with van der Waals surface area (Å²) >= 11 is 6.18. The van der Waals surface area contributed by atoms with E-state index in [9.17, 15) is 4.79 Å². The number of aryl methyl sites for hydroxylation is 2. The molecule has 0 N–H and O–H groups in total. The minimum absolute atomic E-state index is 0.134. The molecule has 0 aromatic heterocycles. The van der Waals surface area contributed by atoms with Crippen molar-refractivity contribution in [2.45, 2.75) is 20.8 Å². The highest BCUT2D eigenvalue weighted by Gasteiger charge is 2.28. The predicted octanol–water partition coefficient (Wildman–Crippen LogP) is 4.76. The van der Waals surface area contributed by atoms with Crippen molar-refractivity contribution in [3.63, 3.8) is 0 Å². The number of hydrazone groups is 1. The fourth-order valence-corrected chi connectivity index (χ4v) is 2.65. The first-order valence-corrected chi connectivity index (χ1v) is 7.78. The average molecular weight is 325 g/mol. The van der Waals surface area contributed by atoms with Gasteiger partial charge in [-0.25, -0.2) is 0 Å². The Morgan fingerprint density at radius 1 is 1.04 bits per heavy atom. The van der Waals surface area contributed by atoms with E-state index < -0.39 is 0 Å². The number of amides is 1. The summed E-state index contributed by atoms with van der Waals surface area (Å²) < 4.78 is 0. The van der Waals surface area contributed by atoms with Crippen LogP contribution < -0.4 is 5.01 Å². The number of hydrogen-bond acceptors (Lipinski definition) is 2. The molecule has 1 aliphatic rings. The van der Waals surface area contributed by atoms with Crippen LogP contribution >= 0.6 is 11.6 Å². The second-order valence-electron chi connectivity index (χ2n) is 5.65. The fraction of sp³-hybridized carbons (Fsp3) is 0.158. The molecule has 0 aliphatic carbocycles. The van der Waals surface area contributed by atoms with E-state index in [1.54, 1.807) is 12.1 Å². The highest BCUT2D eigenvalue weighted by Crippen LogP contribution is 2.27. The van der Waals surface area contributed by atoms with Crippen molar-refractivity contribution < 1.29 is 4.79 Å². The Balaban J connectivity index is 1.98. The Kier molecular flexibility index (Phi) is 4.05. The van der Waals surface area contributed by atoms with Crippen LogP contribution in [0.3, 0.4) is 0 Å². The van der Waals surface area contributed by atoms with Crippen LogP contribution in [0.15, 0.2) is 53.1 Å². The van der Waals surface area contributed by atoms with E-state index in [0.717, 1.165) is 16.8 Å². The van der Waals surface area contributed by atoms with Crippen LogP contribution in [0.1, 0.15) is 23.6 Å². The van der Waals surface area contributed by atoms with Gasteiger partial charge in [0, 0.05) is 5.02 Å². The number of rotatable bonds is 2. The average Bonchev–Trinajstić information content (AvgIpc) is 2.80. The normalized spacial score (nSPS) is 16.2. The minimum Gasteiger partial charge on any atom is -0.267 e. The summed E-state index contributed by atoms with van der Waals surface area (Å²) in [4.78, 5) is 12.7. The summed E-state index contributed by atoms with van der Waals surface area (Å²) in [5.41, 5.74) is 5.16. The molecule has 3 nitrogen and oxygen atoms in total. The summed E-state index contributed by atoms with van der Waals surface area (Å²) in [5.74, 6) is -0.134. The molecule has 4 heteroatoms. The van der Waals surface area contributed by atoms with Gasteiger partial charge >= 0.3 is 0 Å². The SMILES string of the molecule is CC1=NN(c2ccc(C)c(C)c2)C(=O)C1=Cc1ccccc1Cl. The van der Waals surface area contributed by atoms with Crippen molar-refractivity contribution in [3.8, 4) is 0 Å². The van der Waals surface area contributed by atoms with Gasteiger partial charge in [-0.3, -0.25) is 4.79 Å². The number of halogens is 1. The van der Waals surface area contributed by atoms with Crippen LogP contribution in [0.5, 0.6) is 0 Å². The molecule has 0 atom stereocenters. The molecule has 0 unspecified atom stereocenters. The number of nitrogens with zero attached hydrogens (tertiary/aromatic N) is 2. The van der Waals surface area contributed by atoms with E-state index >= 15 is 0 Å². The van der Waals surface area contributed by atoms with Gasteiger partial charge in [0.25, 0.3) is 5.91 Å². The zero-order chi connectivity index (χ0) is 16.6. The van der Waals surface area contributed by atoms with Gasteiger partial charge in [0.1, 0.15) is 0 Å². The van der Waals surface area contributed by atoms with E-state index in [4.69, 9.17) is 11.6 Å². The molecule has 0 bridgehead atoms. The van der Waals surface area contributed by atoms with Gasteiger partial charge < -0.3 is 0 Å². The Bertz CT molecular complexity index is 852. The first-order valence-electron chi connectivity index (χ1n) is 7.41. The molecule has 1 heterocycles. The third kappa shape index (κ3) is 2.92. The summed E-state index contributed by atoms with van der Waals surface area (Å²) in [7, 11) is 0. The molecule has 3 rings (SSSR count). The third-order valence-corrected chi connectivity index (χ3v) is 4.35. The minimum atomic E-state index is -0.134. The molecule has 2 aromatic carbocycles. The topological polar surface area (TPSA) is 32.7 Å². The summed E-state index contributed by atoms with van der Waals surface area (Å²) in [6.45, 7) is 5.90. The quantitative estimate of drug-likeness (QED) is 0.733. The fourth-order valence-electron chi connectivity index (χ4n) is 2.46. The smallest absolute Gasteiger partial charge is 0.267 e. The van der Waals surface area contributed by atoms with E-state index in [1.807, 2.05) is 57.2 Å². The van der Waals surface area contributed by atoms with Gasteiger partial charge in [0.2, 0.25) is 0 Å². The Morgan fingerprint density at radius 2 is 1.78 bits per heavy atom. The van der Waals surface area contributed by atoms with Crippen molar-refractivity contribution in [1.82, 2.24) is 0 Å². The lowest BCUT2D eigenvalue weighted by atomic mass is 10.1. The Hall–Kier alpha value is -2.39. The largest absolute Gasteiger partial charge is 0.280 e. The third-order valence-electron chi connectivity index (χ3n) is 4.00. The highest BCUT2D eigenvalue weighted by atomic mass is 35.5. The molecule has 1 aliphatic heterocycles. The standard InChI is InChI=1S/C19H17ClN2O/c1-12-8-9-16(10-13(12)2)22-19(23)17(14(3)21-22)11-15-6-4-5-7-18(15)20/h4-11H,1-3H3. The van der Waals surface area contributed by atoms with Gasteiger partial charge in [-0.15, -0.1) is 0 Å². The lowest BCUT2D eigenvalue weighted by Gasteiger charge is -2.13. The number of carbonyl (C=O) groups excluding carboxylic acids is 1. The van der Waals surface area contributed by atoms with Crippen LogP contribution in [0.25, 0.3) is 6.08 Å². The molecule has 0 radical (unpaired) electrons. The zero-order valence-corrected chi connectivity index (χ0v) is 14.1. The van der Waals surface area contributed by atoms with Crippen LogP contribution in [-0.2, 0) is 4.79 Å². The highest BCUT2D eigenvalue weighted by molar-refractivity contribution is 6.34. The molecule has 0 saturated heterocycles. The molecule has 1 amide bonds.